The van der Waals surface area contributed by atoms with E-state index in [-0.39, 0.29) is 18.5 Å². The minimum absolute atomic E-state index is 0.130. The third-order valence-corrected chi connectivity index (χ3v) is 4.04. The average molecular weight is 240 g/mol. The first-order chi connectivity index (χ1) is 7.65. The summed E-state index contributed by atoms with van der Waals surface area (Å²) in [7, 11) is 0. The fraction of sp³-hybridized carbons (Fsp3) is 0.833. The molecule has 0 aliphatic carbocycles. The Bertz CT molecular complexity index is 267. The molecule has 0 spiro atoms. The number of hydrogen-bond donors (Lipinski definition) is 0. The molecule has 0 aromatic carbocycles. The molecule has 1 amide bonds. The Kier molecular flexibility index (Phi) is 5.68. The summed E-state index contributed by atoms with van der Waals surface area (Å²) in [5, 5.41) is 8.69. The molecule has 3 nitrogen and oxygen atoms in total. The Balaban J connectivity index is 2.44. The molecule has 1 heterocycles. The minimum atomic E-state index is 0.130. The molecule has 0 N–H and O–H groups in total. The highest BCUT2D eigenvalue weighted by molar-refractivity contribution is 7.99. The molecule has 0 radical (unpaired) electrons. The van der Waals surface area contributed by atoms with E-state index in [2.05, 4.69) is 6.07 Å². The van der Waals surface area contributed by atoms with E-state index in [9.17, 15) is 4.79 Å². The first kappa shape index (κ1) is 13.4. The number of thioether (sulfide) groups is 1. The van der Waals surface area contributed by atoms with Gasteiger partial charge in [-0.2, -0.15) is 17.0 Å². The van der Waals surface area contributed by atoms with E-state index in [0.717, 1.165) is 12.8 Å². The second kappa shape index (κ2) is 6.80. The third kappa shape index (κ3) is 4.05. The largest absolute Gasteiger partial charge is 0.327 e. The molecule has 90 valence electrons. The monoisotopic (exact) mass is 240 g/mol. The van der Waals surface area contributed by atoms with Gasteiger partial charge in [0.25, 0.3) is 0 Å². The lowest BCUT2D eigenvalue weighted by Gasteiger charge is -2.27. The predicted molar refractivity (Wildman–Crippen MR) is 67.1 cm³/mol. The van der Waals surface area contributed by atoms with Crippen molar-refractivity contribution in [1.82, 2.24) is 4.90 Å². The second-order valence-electron chi connectivity index (χ2n) is 4.53. The lowest BCUT2D eigenvalue weighted by atomic mass is 9.98. The van der Waals surface area contributed by atoms with Crippen molar-refractivity contribution in [3.63, 3.8) is 0 Å². The minimum Gasteiger partial charge on any atom is -0.327 e. The molecule has 0 saturated carbocycles. The van der Waals surface area contributed by atoms with Crippen molar-refractivity contribution in [2.45, 2.75) is 39.2 Å². The number of amides is 1. The van der Waals surface area contributed by atoms with Gasteiger partial charge in [0.15, 0.2) is 0 Å². The van der Waals surface area contributed by atoms with Crippen LogP contribution >= 0.6 is 11.8 Å². The fourth-order valence-corrected chi connectivity index (χ4v) is 3.15. The molecule has 1 rings (SSSR count). The van der Waals surface area contributed by atoms with Crippen molar-refractivity contribution in [2.75, 3.05) is 18.1 Å². The molecule has 1 fully saturated rings. The Labute approximate surface area is 102 Å². The normalized spacial score (nSPS) is 17.1. The average Bonchev–Trinajstić information content (AvgIpc) is 2.26. The molecule has 0 bridgehead atoms. The van der Waals surface area contributed by atoms with Crippen LogP contribution < -0.4 is 0 Å². The van der Waals surface area contributed by atoms with E-state index in [1.807, 2.05) is 25.6 Å². The van der Waals surface area contributed by atoms with Gasteiger partial charge in [-0.25, -0.2) is 0 Å². The summed E-state index contributed by atoms with van der Waals surface area (Å²) in [5.41, 5.74) is 0. The van der Waals surface area contributed by atoms with E-state index >= 15 is 0 Å². The smallest absolute Gasteiger partial charge is 0.223 e. The summed E-state index contributed by atoms with van der Waals surface area (Å²) in [6.45, 7) is 4.15. The summed E-state index contributed by atoms with van der Waals surface area (Å²) >= 11 is 1.97. The number of carbonyl (C=O) groups is 1. The zero-order valence-corrected chi connectivity index (χ0v) is 10.9. The molecule has 0 unspecified atom stereocenters. The van der Waals surface area contributed by atoms with Crippen molar-refractivity contribution in [1.29, 1.82) is 5.26 Å². The Morgan fingerprint density at radius 1 is 1.50 bits per heavy atom. The molecular formula is C12H20N2OS. The maximum atomic E-state index is 12.0. The first-order valence-electron chi connectivity index (χ1n) is 5.89. The van der Waals surface area contributed by atoms with Crippen LogP contribution in [0.5, 0.6) is 0 Å². The Hall–Kier alpha value is -0.690. The highest BCUT2D eigenvalue weighted by atomic mass is 32.2. The first-order valence-corrected chi connectivity index (χ1v) is 7.04. The number of nitrogens with zero attached hydrogens (tertiary/aromatic N) is 2. The molecular weight excluding hydrogens is 220 g/mol. The van der Waals surface area contributed by atoms with Gasteiger partial charge in [-0.15, -0.1) is 0 Å². The Morgan fingerprint density at radius 2 is 2.12 bits per heavy atom. The van der Waals surface area contributed by atoms with E-state index in [1.165, 1.54) is 11.5 Å². The van der Waals surface area contributed by atoms with Crippen LogP contribution in [0.25, 0.3) is 0 Å². The van der Waals surface area contributed by atoms with Crippen LogP contribution in [0, 0.1) is 17.2 Å². The van der Waals surface area contributed by atoms with Crippen LogP contribution in [0.2, 0.25) is 0 Å². The van der Waals surface area contributed by atoms with Gasteiger partial charge in [0.1, 0.15) is 6.54 Å². The SMILES string of the molecule is CC(C)N(CC#N)C(=O)CC1CCSCC1. The third-order valence-electron chi connectivity index (χ3n) is 2.99. The van der Waals surface area contributed by atoms with Gasteiger partial charge in [0.05, 0.1) is 6.07 Å². The van der Waals surface area contributed by atoms with E-state index in [1.54, 1.807) is 4.90 Å². The van der Waals surface area contributed by atoms with Gasteiger partial charge in [-0.3, -0.25) is 4.79 Å². The summed E-state index contributed by atoms with van der Waals surface area (Å²) in [5.74, 6) is 3.04. The van der Waals surface area contributed by atoms with Gasteiger partial charge < -0.3 is 4.90 Å². The molecule has 0 atom stereocenters. The van der Waals surface area contributed by atoms with Crippen molar-refractivity contribution in [3.8, 4) is 6.07 Å². The van der Waals surface area contributed by atoms with Gasteiger partial charge in [0.2, 0.25) is 5.91 Å². The zero-order chi connectivity index (χ0) is 12.0. The van der Waals surface area contributed by atoms with Gasteiger partial charge in [-0.1, -0.05) is 0 Å². The number of nitriles is 1. The molecule has 1 aliphatic rings. The van der Waals surface area contributed by atoms with E-state index in [4.69, 9.17) is 5.26 Å². The lowest BCUT2D eigenvalue weighted by Crippen LogP contribution is -2.38. The van der Waals surface area contributed by atoms with Crippen LogP contribution in [0.15, 0.2) is 0 Å². The molecule has 1 saturated heterocycles. The van der Waals surface area contributed by atoms with Crippen LogP contribution in [0.3, 0.4) is 0 Å². The maximum Gasteiger partial charge on any atom is 0.223 e. The predicted octanol–water partition coefficient (Wildman–Crippen LogP) is 2.28. The maximum absolute atomic E-state index is 12.0. The highest BCUT2D eigenvalue weighted by Crippen LogP contribution is 2.26. The summed E-state index contributed by atoms with van der Waals surface area (Å²) in [6, 6.07) is 2.20. The highest BCUT2D eigenvalue weighted by Gasteiger charge is 2.22. The second-order valence-corrected chi connectivity index (χ2v) is 5.76. The molecule has 0 aromatic heterocycles. The molecule has 16 heavy (non-hydrogen) atoms. The van der Waals surface area contributed by atoms with Crippen LogP contribution in [0.1, 0.15) is 33.1 Å². The van der Waals surface area contributed by atoms with Crippen LogP contribution in [-0.4, -0.2) is 34.9 Å². The van der Waals surface area contributed by atoms with Crippen molar-refractivity contribution in [2.24, 2.45) is 5.92 Å². The van der Waals surface area contributed by atoms with E-state index in [0.29, 0.717) is 12.3 Å². The van der Waals surface area contributed by atoms with E-state index < -0.39 is 0 Å². The number of hydrogen-bond acceptors (Lipinski definition) is 3. The Morgan fingerprint density at radius 3 is 2.62 bits per heavy atom. The topological polar surface area (TPSA) is 44.1 Å². The summed E-state index contributed by atoms with van der Waals surface area (Å²) in [4.78, 5) is 13.7. The summed E-state index contributed by atoms with van der Waals surface area (Å²) in [6.07, 6.45) is 2.92. The number of carbonyl (C=O) groups excluding carboxylic acids is 1. The molecule has 4 heteroatoms. The molecule has 0 aromatic rings. The van der Waals surface area contributed by atoms with Crippen LogP contribution in [-0.2, 0) is 4.79 Å². The standard InChI is InChI=1S/C12H20N2OS/c1-10(2)14(6-5-13)12(15)9-11-3-7-16-8-4-11/h10-11H,3-4,6-9H2,1-2H3. The van der Waals surface area contributed by atoms with Gasteiger partial charge in [0, 0.05) is 12.5 Å². The van der Waals surface area contributed by atoms with Gasteiger partial charge in [-0.05, 0) is 44.1 Å². The van der Waals surface area contributed by atoms with Crippen LogP contribution in [0.4, 0.5) is 0 Å². The molecule has 1 aliphatic heterocycles. The quantitative estimate of drug-likeness (QED) is 0.708. The zero-order valence-electron chi connectivity index (χ0n) is 10.1. The van der Waals surface area contributed by atoms with Crippen molar-refractivity contribution in [3.05, 3.63) is 0 Å². The summed E-state index contributed by atoms with van der Waals surface area (Å²) < 4.78 is 0. The van der Waals surface area contributed by atoms with Gasteiger partial charge >= 0.3 is 0 Å². The van der Waals surface area contributed by atoms with Crippen molar-refractivity contribution < 1.29 is 4.79 Å². The number of rotatable bonds is 4. The lowest BCUT2D eigenvalue weighted by molar-refractivity contribution is -0.133. The fourth-order valence-electron chi connectivity index (χ4n) is 1.95. The van der Waals surface area contributed by atoms with Crippen molar-refractivity contribution >= 4 is 17.7 Å².